The summed E-state index contributed by atoms with van der Waals surface area (Å²) in [7, 11) is 0. The third-order valence-corrected chi connectivity index (χ3v) is 6.95. The number of alkyl halides is 3. The van der Waals surface area contributed by atoms with Crippen LogP contribution in [0.25, 0.3) is 21.8 Å². The molecule has 9 heteroatoms. The first-order valence-electron chi connectivity index (χ1n) is 11.5. The number of pyridine rings is 1. The Hall–Kier alpha value is -3.07. The first-order valence-corrected chi connectivity index (χ1v) is 12.3. The number of carbonyl (C=O) groups excluding carboxylic acids is 1. The fourth-order valence-electron chi connectivity index (χ4n) is 4.85. The molecule has 0 spiro atoms. The normalized spacial score (nSPS) is 18.7. The van der Waals surface area contributed by atoms with Gasteiger partial charge in [-0.25, -0.2) is 4.98 Å². The van der Waals surface area contributed by atoms with E-state index in [0.717, 1.165) is 46.3 Å². The van der Waals surface area contributed by atoms with Gasteiger partial charge in [-0.1, -0.05) is 27.6 Å². The van der Waals surface area contributed by atoms with Crippen molar-refractivity contribution < 1.29 is 18.0 Å². The molecule has 0 bridgehead atoms. The van der Waals surface area contributed by atoms with Crippen molar-refractivity contribution in [1.29, 1.82) is 0 Å². The molecule has 5 nitrogen and oxygen atoms in total. The maximum Gasteiger partial charge on any atom is 0.433 e. The van der Waals surface area contributed by atoms with E-state index >= 15 is 0 Å². The lowest BCUT2D eigenvalue weighted by Gasteiger charge is -2.31. The van der Waals surface area contributed by atoms with Crippen LogP contribution < -0.4 is 10.6 Å². The zero-order valence-corrected chi connectivity index (χ0v) is 20.6. The van der Waals surface area contributed by atoms with Gasteiger partial charge >= 0.3 is 6.18 Å². The summed E-state index contributed by atoms with van der Waals surface area (Å²) in [6, 6.07) is 11.8. The fraction of sp³-hybridized carbons (Fsp3) is 0.308. The van der Waals surface area contributed by atoms with Crippen molar-refractivity contribution in [1.82, 2.24) is 15.3 Å². The highest BCUT2D eigenvalue weighted by Crippen LogP contribution is 2.35. The third kappa shape index (κ3) is 5.00. The standard InChI is InChI=1S/C26H24BrF3N4O/c1-14-5-6-21-19(9-14)22(13-23(34-21)26(28,29)30)32-17-3-2-4-18(12-17)33-25(35)20-11-16(27)10-15-7-8-31-24(15)20/h5-11,13,17-18,31H,2-4,12H2,1H3,(H,32,34)(H,33,35)/t17-,18+/m0/s1. The third-order valence-electron chi connectivity index (χ3n) is 6.49. The Morgan fingerprint density at radius 2 is 1.91 bits per heavy atom. The van der Waals surface area contributed by atoms with Gasteiger partial charge in [-0.15, -0.1) is 0 Å². The van der Waals surface area contributed by atoms with Gasteiger partial charge in [0.1, 0.15) is 5.69 Å². The number of nitrogens with one attached hydrogen (secondary N) is 3. The number of rotatable bonds is 4. The molecule has 182 valence electrons. The number of nitrogens with zero attached hydrogens (tertiary/aromatic N) is 1. The second-order valence-corrected chi connectivity index (χ2v) is 10.1. The summed E-state index contributed by atoms with van der Waals surface area (Å²) in [5.41, 5.74) is 2.08. The predicted molar refractivity (Wildman–Crippen MR) is 135 cm³/mol. The Morgan fingerprint density at radius 3 is 2.71 bits per heavy atom. The van der Waals surface area contributed by atoms with Crippen LogP contribution in [0.15, 0.2) is 53.1 Å². The predicted octanol–water partition coefficient (Wildman–Crippen LogP) is 6.96. The highest BCUT2D eigenvalue weighted by molar-refractivity contribution is 9.10. The van der Waals surface area contributed by atoms with Crippen LogP contribution in [0.5, 0.6) is 0 Å². The van der Waals surface area contributed by atoms with E-state index in [9.17, 15) is 18.0 Å². The summed E-state index contributed by atoms with van der Waals surface area (Å²) >= 11 is 3.46. The number of H-pyrrole nitrogens is 1. The van der Waals surface area contributed by atoms with Gasteiger partial charge in [0, 0.05) is 39.2 Å². The second-order valence-electron chi connectivity index (χ2n) is 9.15. The van der Waals surface area contributed by atoms with E-state index in [4.69, 9.17) is 0 Å². The molecule has 4 aromatic rings. The van der Waals surface area contributed by atoms with Gasteiger partial charge in [0.05, 0.1) is 16.6 Å². The zero-order chi connectivity index (χ0) is 24.7. The number of aromatic amines is 1. The zero-order valence-electron chi connectivity index (χ0n) is 19.0. The molecular weight excluding hydrogens is 521 g/mol. The molecule has 2 atom stereocenters. The molecule has 35 heavy (non-hydrogen) atoms. The van der Waals surface area contributed by atoms with E-state index in [-0.39, 0.29) is 18.0 Å². The molecule has 1 aliphatic carbocycles. The van der Waals surface area contributed by atoms with E-state index in [1.54, 1.807) is 24.4 Å². The highest BCUT2D eigenvalue weighted by atomic mass is 79.9. The number of aryl methyl sites for hydroxylation is 1. The van der Waals surface area contributed by atoms with E-state index in [1.165, 1.54) is 0 Å². The topological polar surface area (TPSA) is 69.8 Å². The summed E-state index contributed by atoms with van der Waals surface area (Å²) in [4.78, 5) is 20.1. The van der Waals surface area contributed by atoms with Crippen LogP contribution in [0.2, 0.25) is 0 Å². The van der Waals surface area contributed by atoms with Crippen LogP contribution in [0.1, 0.15) is 47.3 Å². The van der Waals surface area contributed by atoms with Crippen molar-refractivity contribution >= 4 is 49.3 Å². The molecule has 1 fully saturated rings. The summed E-state index contributed by atoms with van der Waals surface area (Å²) < 4.78 is 41.3. The van der Waals surface area contributed by atoms with Crippen molar-refractivity contribution in [3.05, 3.63) is 70.0 Å². The van der Waals surface area contributed by atoms with Gasteiger partial charge in [0.25, 0.3) is 5.91 Å². The van der Waals surface area contributed by atoms with E-state index in [0.29, 0.717) is 28.6 Å². The largest absolute Gasteiger partial charge is 0.433 e. The molecule has 0 saturated heterocycles. The smallest absolute Gasteiger partial charge is 0.382 e. The van der Waals surface area contributed by atoms with Crippen LogP contribution in [0, 0.1) is 6.92 Å². The lowest BCUT2D eigenvalue weighted by atomic mass is 9.90. The molecule has 5 rings (SSSR count). The summed E-state index contributed by atoms with van der Waals surface area (Å²) in [6.45, 7) is 1.90. The van der Waals surface area contributed by atoms with Gasteiger partial charge in [0.2, 0.25) is 0 Å². The maximum atomic E-state index is 13.5. The molecule has 0 aliphatic heterocycles. The Balaban J connectivity index is 1.36. The number of benzene rings is 2. The van der Waals surface area contributed by atoms with E-state index in [1.807, 2.05) is 25.1 Å². The minimum absolute atomic E-state index is 0.0748. The molecule has 2 aromatic heterocycles. The number of halogens is 4. The maximum absolute atomic E-state index is 13.5. The molecule has 2 heterocycles. The van der Waals surface area contributed by atoms with E-state index < -0.39 is 11.9 Å². The number of aromatic nitrogens is 2. The van der Waals surface area contributed by atoms with Crippen LogP contribution in [0.4, 0.5) is 18.9 Å². The molecule has 0 unspecified atom stereocenters. The SMILES string of the molecule is Cc1ccc2nc(C(F)(F)F)cc(N[C@H]3CCC[C@@H](NC(=O)c4cc(Br)cc5cc[nH]c45)C3)c2c1. The monoisotopic (exact) mass is 544 g/mol. The number of carbonyl (C=O) groups is 1. The van der Waals surface area contributed by atoms with Crippen molar-refractivity contribution in [2.75, 3.05) is 5.32 Å². The average Bonchev–Trinajstić information content (AvgIpc) is 3.26. The summed E-state index contributed by atoms with van der Waals surface area (Å²) in [6.07, 6.45) is 0.352. The minimum atomic E-state index is -4.54. The molecule has 0 radical (unpaired) electrons. The molecule has 3 N–H and O–H groups in total. The van der Waals surface area contributed by atoms with Gasteiger partial charge in [-0.2, -0.15) is 13.2 Å². The summed E-state index contributed by atoms with van der Waals surface area (Å²) in [5, 5.41) is 8.06. The molecule has 2 aromatic carbocycles. The van der Waals surface area contributed by atoms with Crippen LogP contribution in [0.3, 0.4) is 0 Å². The molecule has 1 aliphatic rings. The Kier molecular flexibility index (Phi) is 6.21. The van der Waals surface area contributed by atoms with Gasteiger partial charge in [0.15, 0.2) is 0 Å². The molecule has 1 amide bonds. The van der Waals surface area contributed by atoms with Crippen molar-refractivity contribution in [3.8, 4) is 0 Å². The highest BCUT2D eigenvalue weighted by Gasteiger charge is 2.34. The molecular formula is C26H24BrF3N4O. The number of hydrogen-bond acceptors (Lipinski definition) is 3. The minimum Gasteiger partial charge on any atom is -0.382 e. The summed E-state index contributed by atoms with van der Waals surface area (Å²) in [5.74, 6) is -0.172. The van der Waals surface area contributed by atoms with Crippen LogP contribution >= 0.6 is 15.9 Å². The first-order chi connectivity index (χ1) is 16.7. The van der Waals surface area contributed by atoms with Gasteiger partial charge in [-0.3, -0.25) is 4.79 Å². The number of amides is 1. The van der Waals surface area contributed by atoms with Crippen molar-refractivity contribution in [3.63, 3.8) is 0 Å². The number of hydrogen-bond donors (Lipinski definition) is 3. The van der Waals surface area contributed by atoms with Crippen LogP contribution in [-0.4, -0.2) is 28.0 Å². The molecule has 1 saturated carbocycles. The Bertz CT molecular complexity index is 1420. The fourth-order valence-corrected chi connectivity index (χ4v) is 5.33. The van der Waals surface area contributed by atoms with Crippen molar-refractivity contribution in [2.45, 2.75) is 50.9 Å². The number of fused-ring (bicyclic) bond motifs is 2. The quantitative estimate of drug-likeness (QED) is 0.260. The van der Waals surface area contributed by atoms with Gasteiger partial charge in [-0.05, 0) is 69.0 Å². The average molecular weight is 545 g/mol. The first kappa shape index (κ1) is 23.7. The number of anilines is 1. The van der Waals surface area contributed by atoms with Gasteiger partial charge < -0.3 is 15.6 Å². The van der Waals surface area contributed by atoms with E-state index in [2.05, 4.69) is 36.5 Å². The second kappa shape index (κ2) is 9.18. The lowest BCUT2D eigenvalue weighted by Crippen LogP contribution is -2.42. The Morgan fingerprint density at radius 1 is 1.11 bits per heavy atom. The Labute approximate surface area is 208 Å². The van der Waals surface area contributed by atoms with Crippen molar-refractivity contribution in [2.24, 2.45) is 0 Å². The lowest BCUT2D eigenvalue weighted by molar-refractivity contribution is -0.140. The van der Waals surface area contributed by atoms with Crippen LogP contribution in [-0.2, 0) is 6.18 Å².